The Kier molecular flexibility index (Phi) is 3.32. The van der Waals surface area contributed by atoms with Crippen molar-refractivity contribution < 1.29 is 9.13 Å². The Labute approximate surface area is 136 Å². The molecule has 4 rings (SSSR count). The van der Waals surface area contributed by atoms with E-state index in [0.29, 0.717) is 11.3 Å². The third kappa shape index (κ3) is 2.47. The largest absolute Gasteiger partial charge is 0.354 e. The van der Waals surface area contributed by atoms with E-state index in [2.05, 4.69) is 15.1 Å². The van der Waals surface area contributed by atoms with E-state index in [1.165, 1.54) is 12.1 Å². The Bertz CT molecular complexity index is 877. The average Bonchev–Trinajstić information content (AvgIpc) is 3.17. The molecule has 5 nitrogen and oxygen atoms in total. The molecule has 1 aromatic carbocycles. The van der Waals surface area contributed by atoms with E-state index >= 15 is 0 Å². The minimum atomic E-state index is -0.597. The van der Waals surface area contributed by atoms with Gasteiger partial charge >= 0.3 is 0 Å². The minimum Gasteiger partial charge on any atom is -0.354 e. The van der Waals surface area contributed by atoms with E-state index in [1.54, 1.807) is 35.5 Å². The third-order valence-corrected chi connectivity index (χ3v) is 4.37. The molecule has 1 aliphatic heterocycles. The molecular weight excluding hydrogens is 315 g/mol. The summed E-state index contributed by atoms with van der Waals surface area (Å²) >= 11 is 5.20. The lowest BCUT2D eigenvalue weighted by Gasteiger charge is -2.14. The standard InChI is InChI=1S/C16H13FN4OS/c17-13-3-1-12(2-4-13)16(9-21-15(23)19-10-20-21)14(22-16)11-5-7-18-8-6-11/h1-8,10,14H,9H2,(H,19,20,23)/t14-,16-/m1/s1. The fourth-order valence-electron chi connectivity index (χ4n) is 2.84. The van der Waals surface area contributed by atoms with Crippen LogP contribution in [0.15, 0.2) is 55.1 Å². The molecule has 2 atom stereocenters. The van der Waals surface area contributed by atoms with Crippen LogP contribution < -0.4 is 0 Å². The molecule has 116 valence electrons. The predicted molar refractivity (Wildman–Crippen MR) is 83.6 cm³/mol. The van der Waals surface area contributed by atoms with E-state index in [9.17, 15) is 4.39 Å². The average molecular weight is 328 g/mol. The van der Waals surface area contributed by atoms with E-state index in [-0.39, 0.29) is 11.9 Å². The fourth-order valence-corrected chi connectivity index (χ4v) is 3.01. The van der Waals surface area contributed by atoms with Crippen LogP contribution in [0.25, 0.3) is 0 Å². The zero-order valence-electron chi connectivity index (χ0n) is 12.0. The van der Waals surface area contributed by atoms with Gasteiger partial charge in [0.1, 0.15) is 23.8 Å². The molecular formula is C16H13FN4OS. The number of nitrogens with zero attached hydrogens (tertiary/aromatic N) is 3. The first-order valence-electron chi connectivity index (χ1n) is 7.13. The van der Waals surface area contributed by atoms with Crippen molar-refractivity contribution in [3.05, 3.63) is 76.8 Å². The fraction of sp³-hybridized carbons (Fsp3) is 0.188. The zero-order chi connectivity index (χ0) is 15.9. The number of rotatable bonds is 4. The van der Waals surface area contributed by atoms with E-state index in [0.717, 1.165) is 11.1 Å². The van der Waals surface area contributed by atoms with Crippen molar-refractivity contribution in [1.82, 2.24) is 19.7 Å². The molecule has 0 bridgehead atoms. The van der Waals surface area contributed by atoms with E-state index in [4.69, 9.17) is 17.0 Å². The maximum Gasteiger partial charge on any atom is 0.215 e. The van der Waals surface area contributed by atoms with Gasteiger partial charge in [0.05, 0.1) is 6.54 Å². The van der Waals surface area contributed by atoms with Gasteiger partial charge in [-0.25, -0.2) is 9.37 Å². The maximum absolute atomic E-state index is 13.3. The molecule has 23 heavy (non-hydrogen) atoms. The van der Waals surface area contributed by atoms with Gasteiger partial charge in [0.2, 0.25) is 4.77 Å². The van der Waals surface area contributed by atoms with Crippen molar-refractivity contribution in [1.29, 1.82) is 0 Å². The van der Waals surface area contributed by atoms with Crippen LogP contribution in [-0.4, -0.2) is 19.7 Å². The molecule has 3 heterocycles. The van der Waals surface area contributed by atoms with Crippen molar-refractivity contribution in [3.8, 4) is 0 Å². The number of nitrogens with one attached hydrogen (secondary N) is 1. The van der Waals surface area contributed by atoms with Gasteiger partial charge in [-0.15, -0.1) is 0 Å². The van der Waals surface area contributed by atoms with Crippen molar-refractivity contribution in [3.63, 3.8) is 0 Å². The number of aromatic amines is 1. The van der Waals surface area contributed by atoms with Crippen molar-refractivity contribution >= 4 is 12.2 Å². The molecule has 2 aromatic heterocycles. The number of aromatic nitrogens is 4. The number of H-pyrrole nitrogens is 1. The van der Waals surface area contributed by atoms with E-state index in [1.807, 2.05) is 12.1 Å². The summed E-state index contributed by atoms with van der Waals surface area (Å²) in [4.78, 5) is 8.07. The number of ether oxygens (including phenoxy) is 1. The first-order chi connectivity index (χ1) is 11.2. The number of benzene rings is 1. The number of pyridine rings is 1. The summed E-state index contributed by atoms with van der Waals surface area (Å²) in [6.07, 6.45) is 4.87. The topological polar surface area (TPSA) is 59.0 Å². The maximum atomic E-state index is 13.3. The lowest BCUT2D eigenvalue weighted by atomic mass is 9.92. The van der Waals surface area contributed by atoms with Gasteiger partial charge in [0.15, 0.2) is 0 Å². The van der Waals surface area contributed by atoms with Gasteiger partial charge in [-0.3, -0.25) is 14.8 Å². The van der Waals surface area contributed by atoms with Crippen molar-refractivity contribution in [2.45, 2.75) is 18.2 Å². The molecule has 1 aliphatic rings. The van der Waals surface area contributed by atoms with Crippen LogP contribution in [0.1, 0.15) is 17.2 Å². The van der Waals surface area contributed by atoms with Gasteiger partial charge in [-0.2, -0.15) is 0 Å². The Morgan fingerprint density at radius 2 is 1.96 bits per heavy atom. The molecule has 0 spiro atoms. The molecule has 1 fully saturated rings. The number of hydrogen-bond donors (Lipinski definition) is 1. The lowest BCUT2D eigenvalue weighted by Crippen LogP contribution is -2.20. The minimum absolute atomic E-state index is 0.138. The van der Waals surface area contributed by atoms with Crippen molar-refractivity contribution in [2.75, 3.05) is 0 Å². The predicted octanol–water partition coefficient (Wildman–Crippen LogP) is 3.14. The van der Waals surface area contributed by atoms with Crippen LogP contribution in [0.2, 0.25) is 0 Å². The Morgan fingerprint density at radius 1 is 1.22 bits per heavy atom. The zero-order valence-corrected chi connectivity index (χ0v) is 12.8. The number of halogens is 1. The first-order valence-corrected chi connectivity index (χ1v) is 7.54. The molecule has 7 heteroatoms. The summed E-state index contributed by atoms with van der Waals surface area (Å²) in [6, 6.07) is 10.2. The Morgan fingerprint density at radius 3 is 2.61 bits per heavy atom. The van der Waals surface area contributed by atoms with Gasteiger partial charge in [0.25, 0.3) is 0 Å². The summed E-state index contributed by atoms with van der Waals surface area (Å²) in [5.74, 6) is -0.275. The molecule has 0 aliphatic carbocycles. The van der Waals surface area contributed by atoms with Crippen LogP contribution in [-0.2, 0) is 16.9 Å². The second-order valence-corrected chi connectivity index (χ2v) is 5.80. The van der Waals surface area contributed by atoms with Gasteiger partial charge < -0.3 is 4.74 Å². The molecule has 1 saturated heterocycles. The number of epoxide rings is 1. The highest BCUT2D eigenvalue weighted by molar-refractivity contribution is 7.71. The molecule has 1 N–H and O–H groups in total. The molecule has 0 unspecified atom stereocenters. The van der Waals surface area contributed by atoms with Gasteiger partial charge in [-0.1, -0.05) is 12.1 Å². The molecule has 0 radical (unpaired) electrons. The van der Waals surface area contributed by atoms with Crippen molar-refractivity contribution in [2.24, 2.45) is 0 Å². The smallest absolute Gasteiger partial charge is 0.215 e. The SMILES string of the molecule is Fc1ccc([C@@]2(Cn3[nH]cnc3=S)O[C@@H]2c2ccncc2)cc1. The van der Waals surface area contributed by atoms with Gasteiger partial charge in [-0.05, 0) is 47.6 Å². The highest BCUT2D eigenvalue weighted by Gasteiger charge is 2.59. The number of hydrogen-bond acceptors (Lipinski definition) is 4. The normalized spacial score (nSPS) is 22.9. The summed E-state index contributed by atoms with van der Waals surface area (Å²) in [6.45, 7) is 0.477. The molecule has 0 saturated carbocycles. The van der Waals surface area contributed by atoms with E-state index < -0.39 is 5.60 Å². The van der Waals surface area contributed by atoms with Gasteiger partial charge in [0, 0.05) is 12.4 Å². The van der Waals surface area contributed by atoms with Crippen LogP contribution in [0, 0.1) is 10.6 Å². The highest BCUT2D eigenvalue weighted by atomic mass is 32.1. The second-order valence-electron chi connectivity index (χ2n) is 5.43. The third-order valence-electron chi connectivity index (χ3n) is 4.05. The van der Waals surface area contributed by atoms with Crippen LogP contribution >= 0.6 is 12.2 Å². The summed E-state index contributed by atoms with van der Waals surface area (Å²) in [7, 11) is 0. The van der Waals surface area contributed by atoms with Crippen LogP contribution in [0.5, 0.6) is 0 Å². The molecule has 0 amide bonds. The first kappa shape index (κ1) is 14.2. The summed E-state index contributed by atoms with van der Waals surface area (Å²) in [5.41, 5.74) is 1.33. The molecule has 3 aromatic rings. The Hall–Kier alpha value is -2.38. The summed E-state index contributed by atoms with van der Waals surface area (Å²) in [5, 5.41) is 2.99. The van der Waals surface area contributed by atoms with Crippen LogP contribution in [0.4, 0.5) is 4.39 Å². The highest BCUT2D eigenvalue weighted by Crippen LogP contribution is 2.57. The summed E-state index contributed by atoms with van der Waals surface area (Å²) < 4.78 is 21.6. The second kappa shape index (κ2) is 5.36. The Balaban J connectivity index is 1.75. The quantitative estimate of drug-likeness (QED) is 0.590. The van der Waals surface area contributed by atoms with Crippen LogP contribution in [0.3, 0.4) is 0 Å². The lowest BCUT2D eigenvalue weighted by molar-refractivity contribution is 0.261. The monoisotopic (exact) mass is 328 g/mol.